The van der Waals surface area contributed by atoms with Gasteiger partial charge in [0, 0.05) is 11.3 Å². The van der Waals surface area contributed by atoms with E-state index >= 15 is 0 Å². The molecule has 9 heteroatoms. The predicted molar refractivity (Wildman–Crippen MR) is 99.2 cm³/mol. The Morgan fingerprint density at radius 1 is 1.00 bits per heavy atom. The molecular weight excluding hydrogens is 372 g/mol. The number of nitrogens with one attached hydrogen (secondary N) is 2. The molecule has 0 saturated carbocycles. The van der Waals surface area contributed by atoms with Crippen molar-refractivity contribution in [1.82, 2.24) is 5.32 Å². The second-order valence-corrected chi connectivity index (χ2v) is 7.03. The molecule has 0 fully saturated rings. The lowest BCUT2D eigenvalue weighted by Crippen LogP contribution is -2.30. The molecule has 0 unspecified atom stereocenters. The van der Waals surface area contributed by atoms with Gasteiger partial charge in [-0.1, -0.05) is 0 Å². The largest absolute Gasteiger partial charge is 0.494 e. The molecular formula is C18H20N2O6S. The van der Waals surface area contributed by atoms with E-state index in [1.165, 1.54) is 31.4 Å². The zero-order valence-electron chi connectivity index (χ0n) is 14.9. The molecule has 0 spiro atoms. The Morgan fingerprint density at radius 3 is 2.19 bits per heavy atom. The third-order valence-electron chi connectivity index (χ3n) is 3.47. The number of benzene rings is 2. The van der Waals surface area contributed by atoms with Crippen LogP contribution < -0.4 is 14.8 Å². The van der Waals surface area contributed by atoms with Crippen LogP contribution in [0.25, 0.3) is 0 Å². The minimum atomic E-state index is -3.81. The van der Waals surface area contributed by atoms with Crippen LogP contribution in [0.4, 0.5) is 5.69 Å². The fraction of sp³-hybridized carbons (Fsp3) is 0.222. The first kappa shape index (κ1) is 20.2. The molecule has 0 bridgehead atoms. The van der Waals surface area contributed by atoms with E-state index in [1.807, 2.05) is 6.92 Å². The molecule has 0 aliphatic rings. The van der Waals surface area contributed by atoms with Crippen molar-refractivity contribution in [3.8, 4) is 5.75 Å². The normalized spacial score (nSPS) is 10.7. The SMILES string of the molecule is CCOc1ccc(NS(=O)(=O)c2ccc(C(=O)NCC(=O)OC)cc2)cc1. The van der Waals surface area contributed by atoms with Crippen LogP contribution in [0, 0.1) is 0 Å². The van der Waals surface area contributed by atoms with Gasteiger partial charge in [0.2, 0.25) is 0 Å². The second-order valence-electron chi connectivity index (χ2n) is 5.35. The number of amides is 1. The molecule has 2 N–H and O–H groups in total. The maximum Gasteiger partial charge on any atom is 0.325 e. The Bertz CT molecular complexity index is 892. The van der Waals surface area contributed by atoms with Crippen LogP contribution in [-0.2, 0) is 19.6 Å². The summed E-state index contributed by atoms with van der Waals surface area (Å²) in [5.74, 6) is -0.450. The van der Waals surface area contributed by atoms with Gasteiger partial charge in [0.1, 0.15) is 12.3 Å². The van der Waals surface area contributed by atoms with E-state index in [4.69, 9.17) is 4.74 Å². The number of hydrogen-bond donors (Lipinski definition) is 2. The van der Waals surface area contributed by atoms with Gasteiger partial charge in [0.25, 0.3) is 15.9 Å². The van der Waals surface area contributed by atoms with Crippen molar-refractivity contribution in [2.24, 2.45) is 0 Å². The van der Waals surface area contributed by atoms with Crippen molar-refractivity contribution in [3.05, 3.63) is 54.1 Å². The third-order valence-corrected chi connectivity index (χ3v) is 4.86. The Balaban J connectivity index is 2.05. The standard InChI is InChI=1S/C18H20N2O6S/c1-3-26-15-8-6-14(7-9-15)20-27(23,24)16-10-4-13(5-11-16)18(22)19-12-17(21)25-2/h4-11,20H,3,12H2,1-2H3,(H,19,22). The molecule has 2 aromatic carbocycles. The molecule has 0 heterocycles. The summed E-state index contributed by atoms with van der Waals surface area (Å²) in [6, 6.07) is 11.9. The van der Waals surface area contributed by atoms with Crippen molar-refractivity contribution >= 4 is 27.6 Å². The van der Waals surface area contributed by atoms with Crippen molar-refractivity contribution in [1.29, 1.82) is 0 Å². The van der Waals surface area contributed by atoms with Crippen molar-refractivity contribution in [3.63, 3.8) is 0 Å². The van der Waals surface area contributed by atoms with Gasteiger partial charge in [-0.2, -0.15) is 0 Å². The second kappa shape index (κ2) is 9.04. The fourth-order valence-electron chi connectivity index (χ4n) is 2.11. The quantitative estimate of drug-likeness (QED) is 0.663. The summed E-state index contributed by atoms with van der Waals surface area (Å²) in [7, 11) is -2.59. The molecule has 144 valence electrons. The minimum Gasteiger partial charge on any atom is -0.494 e. The summed E-state index contributed by atoms with van der Waals surface area (Å²) in [6.45, 7) is 2.11. The topological polar surface area (TPSA) is 111 Å². The molecule has 2 rings (SSSR count). The van der Waals surface area contributed by atoms with Gasteiger partial charge in [-0.15, -0.1) is 0 Å². The predicted octanol–water partition coefficient (Wildman–Crippen LogP) is 1.79. The number of carbonyl (C=O) groups is 2. The zero-order chi connectivity index (χ0) is 19.9. The number of anilines is 1. The van der Waals surface area contributed by atoms with Crippen LogP contribution in [0.5, 0.6) is 5.75 Å². The van der Waals surface area contributed by atoms with E-state index in [0.29, 0.717) is 18.0 Å². The van der Waals surface area contributed by atoms with Gasteiger partial charge in [0.05, 0.1) is 18.6 Å². The lowest BCUT2D eigenvalue weighted by atomic mass is 10.2. The van der Waals surface area contributed by atoms with Gasteiger partial charge in [-0.25, -0.2) is 8.42 Å². The molecule has 1 amide bonds. The lowest BCUT2D eigenvalue weighted by Gasteiger charge is -2.10. The molecule has 0 aliphatic carbocycles. The van der Waals surface area contributed by atoms with Crippen molar-refractivity contribution in [2.45, 2.75) is 11.8 Å². The average molecular weight is 392 g/mol. The number of rotatable bonds is 8. The molecule has 0 radical (unpaired) electrons. The maximum absolute atomic E-state index is 12.4. The van der Waals surface area contributed by atoms with E-state index in [1.54, 1.807) is 24.3 Å². The molecule has 0 atom stereocenters. The molecule has 2 aromatic rings. The maximum atomic E-state index is 12.4. The van der Waals surface area contributed by atoms with Crippen LogP contribution in [-0.4, -0.2) is 40.6 Å². The smallest absolute Gasteiger partial charge is 0.325 e. The molecule has 0 aliphatic heterocycles. The first-order valence-electron chi connectivity index (χ1n) is 8.06. The van der Waals surface area contributed by atoms with Crippen LogP contribution in [0.2, 0.25) is 0 Å². The summed E-state index contributed by atoms with van der Waals surface area (Å²) in [6.07, 6.45) is 0. The highest BCUT2D eigenvalue weighted by Gasteiger charge is 2.15. The monoisotopic (exact) mass is 392 g/mol. The highest BCUT2D eigenvalue weighted by molar-refractivity contribution is 7.92. The number of ether oxygens (including phenoxy) is 2. The van der Waals surface area contributed by atoms with Crippen LogP contribution in [0.1, 0.15) is 17.3 Å². The van der Waals surface area contributed by atoms with E-state index in [2.05, 4.69) is 14.8 Å². The van der Waals surface area contributed by atoms with E-state index in [0.717, 1.165) is 0 Å². The van der Waals surface area contributed by atoms with Crippen molar-refractivity contribution < 1.29 is 27.5 Å². The highest BCUT2D eigenvalue weighted by Crippen LogP contribution is 2.20. The van der Waals surface area contributed by atoms with Gasteiger partial charge in [0.15, 0.2) is 0 Å². The zero-order valence-corrected chi connectivity index (χ0v) is 15.7. The summed E-state index contributed by atoms with van der Waals surface area (Å²) >= 11 is 0. The number of esters is 1. The van der Waals surface area contributed by atoms with Gasteiger partial charge >= 0.3 is 5.97 Å². The minimum absolute atomic E-state index is 0.000836. The Kier molecular flexibility index (Phi) is 6.78. The van der Waals surface area contributed by atoms with E-state index < -0.39 is 21.9 Å². The summed E-state index contributed by atoms with van der Waals surface area (Å²) in [5, 5.41) is 2.37. The third kappa shape index (κ3) is 5.71. The molecule has 0 aromatic heterocycles. The van der Waals surface area contributed by atoms with E-state index in [9.17, 15) is 18.0 Å². The molecule has 0 saturated heterocycles. The Hall–Kier alpha value is -3.07. The first-order valence-corrected chi connectivity index (χ1v) is 9.55. The highest BCUT2D eigenvalue weighted by atomic mass is 32.2. The Labute approximate surface area is 157 Å². The number of carbonyl (C=O) groups excluding carboxylic acids is 2. The molecule has 8 nitrogen and oxygen atoms in total. The van der Waals surface area contributed by atoms with Gasteiger partial charge in [-0.3, -0.25) is 14.3 Å². The fourth-order valence-corrected chi connectivity index (χ4v) is 3.17. The number of hydrogen-bond acceptors (Lipinski definition) is 6. The van der Waals surface area contributed by atoms with Crippen LogP contribution >= 0.6 is 0 Å². The van der Waals surface area contributed by atoms with Crippen molar-refractivity contribution in [2.75, 3.05) is 25.0 Å². The summed E-state index contributed by atoms with van der Waals surface area (Å²) in [4.78, 5) is 22.9. The average Bonchev–Trinajstić information content (AvgIpc) is 2.67. The summed E-state index contributed by atoms with van der Waals surface area (Å²) in [5.41, 5.74) is 0.609. The first-order chi connectivity index (χ1) is 12.9. The number of methoxy groups -OCH3 is 1. The molecule has 27 heavy (non-hydrogen) atoms. The van der Waals surface area contributed by atoms with E-state index in [-0.39, 0.29) is 17.0 Å². The van der Waals surface area contributed by atoms with Crippen LogP contribution in [0.3, 0.4) is 0 Å². The summed E-state index contributed by atoms with van der Waals surface area (Å²) < 4.78 is 37.1. The van der Waals surface area contributed by atoms with Crippen LogP contribution in [0.15, 0.2) is 53.4 Å². The van der Waals surface area contributed by atoms with Gasteiger partial charge < -0.3 is 14.8 Å². The lowest BCUT2D eigenvalue weighted by molar-refractivity contribution is -0.139. The number of sulfonamides is 1. The Morgan fingerprint density at radius 2 is 1.63 bits per heavy atom. The van der Waals surface area contributed by atoms with Gasteiger partial charge in [-0.05, 0) is 55.5 Å².